The second-order valence-corrected chi connectivity index (χ2v) is 3.80. The largest absolute Gasteiger partial charge is 0.492 e. The molecule has 0 atom stereocenters. The van der Waals surface area contributed by atoms with Crippen molar-refractivity contribution in [3.8, 4) is 5.75 Å². The molecule has 0 aliphatic rings. The zero-order valence-corrected chi connectivity index (χ0v) is 9.92. The van der Waals surface area contributed by atoms with Gasteiger partial charge in [-0.1, -0.05) is 6.07 Å². The van der Waals surface area contributed by atoms with E-state index in [0.29, 0.717) is 5.75 Å². The van der Waals surface area contributed by atoms with E-state index in [-0.39, 0.29) is 13.2 Å². The van der Waals surface area contributed by atoms with Crippen LogP contribution < -0.4 is 15.0 Å². The summed E-state index contributed by atoms with van der Waals surface area (Å²) < 4.78 is 5.37. The van der Waals surface area contributed by atoms with Crippen molar-refractivity contribution in [1.29, 1.82) is 0 Å². The Kier molecular flexibility index (Phi) is 4.71. The molecule has 0 saturated carbocycles. The molecule has 0 saturated heterocycles. The standard InChI is InChI=1S/C11H18N2O4/c1-13(2)9-4-3-5-10(8-9)17-7-6-12-11(14,15)16/h3-5,8,12,14-16H,6-7H2,1-2H3. The first-order chi connectivity index (χ1) is 7.88. The summed E-state index contributed by atoms with van der Waals surface area (Å²) in [4.78, 5) is 1.95. The Balaban J connectivity index is 2.39. The SMILES string of the molecule is CN(C)c1cccc(OCCNC(O)(O)O)c1. The van der Waals surface area contributed by atoms with E-state index in [1.165, 1.54) is 0 Å². The van der Waals surface area contributed by atoms with Crippen molar-refractivity contribution in [2.24, 2.45) is 0 Å². The van der Waals surface area contributed by atoms with Gasteiger partial charge in [0.15, 0.2) is 0 Å². The van der Waals surface area contributed by atoms with E-state index in [1.807, 2.05) is 37.2 Å². The summed E-state index contributed by atoms with van der Waals surface area (Å²) in [6, 6.07) is 7.49. The van der Waals surface area contributed by atoms with Crippen LogP contribution in [-0.4, -0.2) is 48.7 Å². The monoisotopic (exact) mass is 242 g/mol. The highest BCUT2D eigenvalue weighted by atomic mass is 16.7. The Hall–Kier alpha value is -1.34. The van der Waals surface area contributed by atoms with Gasteiger partial charge in [-0.05, 0) is 12.1 Å². The van der Waals surface area contributed by atoms with Crippen molar-refractivity contribution in [3.05, 3.63) is 24.3 Å². The maximum Gasteiger partial charge on any atom is 0.343 e. The highest BCUT2D eigenvalue weighted by Crippen LogP contribution is 2.18. The lowest BCUT2D eigenvalue weighted by Crippen LogP contribution is -2.46. The summed E-state index contributed by atoms with van der Waals surface area (Å²) in [6.07, 6.45) is -2.85. The summed E-state index contributed by atoms with van der Waals surface area (Å²) in [5.74, 6) is 0.678. The van der Waals surface area contributed by atoms with Gasteiger partial charge in [-0.25, -0.2) is 5.32 Å². The van der Waals surface area contributed by atoms with Gasteiger partial charge in [-0.3, -0.25) is 0 Å². The second-order valence-electron chi connectivity index (χ2n) is 3.80. The van der Waals surface area contributed by atoms with E-state index in [1.54, 1.807) is 6.07 Å². The normalized spacial score (nSPS) is 11.4. The van der Waals surface area contributed by atoms with Gasteiger partial charge in [-0.15, -0.1) is 0 Å². The van der Waals surface area contributed by atoms with E-state index in [2.05, 4.69) is 5.32 Å². The van der Waals surface area contributed by atoms with Gasteiger partial charge in [0, 0.05) is 32.4 Å². The number of hydrogen-bond acceptors (Lipinski definition) is 6. The molecule has 1 rings (SSSR count). The summed E-state index contributed by atoms with van der Waals surface area (Å²) in [6.45, 7) is 0.315. The van der Waals surface area contributed by atoms with Crippen LogP contribution in [0.5, 0.6) is 5.75 Å². The summed E-state index contributed by atoms with van der Waals surface area (Å²) in [5.41, 5.74) is 1.01. The van der Waals surface area contributed by atoms with Gasteiger partial charge in [0.1, 0.15) is 12.4 Å². The van der Waals surface area contributed by atoms with Crippen LogP contribution in [0.4, 0.5) is 5.69 Å². The predicted molar refractivity (Wildman–Crippen MR) is 63.7 cm³/mol. The van der Waals surface area contributed by atoms with Crippen molar-refractivity contribution >= 4 is 5.69 Å². The minimum atomic E-state index is -2.85. The fraction of sp³-hybridized carbons (Fsp3) is 0.455. The predicted octanol–water partition coefficient (Wildman–Crippen LogP) is -0.691. The fourth-order valence-electron chi connectivity index (χ4n) is 1.24. The van der Waals surface area contributed by atoms with Crippen LogP contribution in [0.15, 0.2) is 24.3 Å². The first-order valence-corrected chi connectivity index (χ1v) is 5.21. The molecule has 4 N–H and O–H groups in total. The number of ether oxygens (including phenoxy) is 1. The maximum atomic E-state index is 8.57. The molecule has 0 aliphatic heterocycles. The number of anilines is 1. The molecule has 1 aromatic carbocycles. The first kappa shape index (κ1) is 13.7. The highest BCUT2D eigenvalue weighted by molar-refractivity contribution is 5.49. The molecule has 0 bridgehead atoms. The third-order valence-electron chi connectivity index (χ3n) is 2.07. The molecule has 0 aliphatic carbocycles. The smallest absolute Gasteiger partial charge is 0.343 e. The second kappa shape index (κ2) is 5.83. The molecule has 0 radical (unpaired) electrons. The average molecular weight is 242 g/mol. The Bertz CT molecular complexity index is 350. The zero-order valence-electron chi connectivity index (χ0n) is 9.92. The van der Waals surface area contributed by atoms with Crippen LogP contribution in [-0.2, 0) is 0 Å². The molecule has 6 heteroatoms. The van der Waals surface area contributed by atoms with Crippen molar-refractivity contribution in [1.82, 2.24) is 5.32 Å². The van der Waals surface area contributed by atoms with E-state index >= 15 is 0 Å². The van der Waals surface area contributed by atoms with Crippen molar-refractivity contribution in [2.75, 3.05) is 32.1 Å². The van der Waals surface area contributed by atoms with Gasteiger partial charge in [0.05, 0.1) is 0 Å². The van der Waals surface area contributed by atoms with Crippen LogP contribution >= 0.6 is 0 Å². The fourth-order valence-corrected chi connectivity index (χ4v) is 1.24. The molecule has 1 aromatic rings. The lowest BCUT2D eigenvalue weighted by atomic mass is 10.3. The zero-order chi connectivity index (χ0) is 12.9. The third kappa shape index (κ3) is 5.50. The number of hydrogen-bond donors (Lipinski definition) is 4. The van der Waals surface area contributed by atoms with Crippen LogP contribution in [0.3, 0.4) is 0 Å². The Morgan fingerprint density at radius 2 is 2.00 bits per heavy atom. The molecule has 0 unspecified atom stereocenters. The number of benzene rings is 1. The van der Waals surface area contributed by atoms with Crippen molar-refractivity contribution < 1.29 is 20.1 Å². The van der Waals surface area contributed by atoms with Gasteiger partial charge < -0.3 is 25.0 Å². The number of aliphatic hydroxyl groups is 3. The minimum absolute atomic E-state index is 0.107. The first-order valence-electron chi connectivity index (χ1n) is 5.21. The van der Waals surface area contributed by atoms with Gasteiger partial charge in [-0.2, -0.15) is 0 Å². The van der Waals surface area contributed by atoms with E-state index in [9.17, 15) is 0 Å². The molecule has 0 spiro atoms. The van der Waals surface area contributed by atoms with E-state index < -0.39 is 6.10 Å². The quantitative estimate of drug-likeness (QED) is 0.390. The minimum Gasteiger partial charge on any atom is -0.492 e. The van der Waals surface area contributed by atoms with Crippen molar-refractivity contribution in [3.63, 3.8) is 0 Å². The van der Waals surface area contributed by atoms with Crippen molar-refractivity contribution in [2.45, 2.75) is 6.10 Å². The Morgan fingerprint density at radius 1 is 1.29 bits per heavy atom. The van der Waals surface area contributed by atoms with E-state index in [4.69, 9.17) is 20.1 Å². The topological polar surface area (TPSA) is 85.2 Å². The average Bonchev–Trinajstić information content (AvgIpc) is 2.23. The lowest BCUT2D eigenvalue weighted by Gasteiger charge is -2.16. The molecule has 0 aromatic heterocycles. The highest BCUT2D eigenvalue weighted by Gasteiger charge is 2.15. The lowest BCUT2D eigenvalue weighted by molar-refractivity contribution is -0.331. The molecular formula is C11H18N2O4. The Labute approximate surface area is 100 Å². The third-order valence-corrected chi connectivity index (χ3v) is 2.07. The molecule has 0 heterocycles. The molecule has 96 valence electrons. The molecule has 17 heavy (non-hydrogen) atoms. The van der Waals surface area contributed by atoms with Gasteiger partial charge >= 0.3 is 6.10 Å². The summed E-state index contributed by atoms with van der Waals surface area (Å²) in [5, 5.41) is 27.8. The maximum absolute atomic E-state index is 8.57. The summed E-state index contributed by atoms with van der Waals surface area (Å²) >= 11 is 0. The Morgan fingerprint density at radius 3 is 2.59 bits per heavy atom. The number of nitrogens with zero attached hydrogens (tertiary/aromatic N) is 1. The van der Waals surface area contributed by atoms with Crippen LogP contribution in [0.2, 0.25) is 0 Å². The van der Waals surface area contributed by atoms with Gasteiger partial charge in [0.2, 0.25) is 0 Å². The van der Waals surface area contributed by atoms with Crippen LogP contribution in [0, 0.1) is 0 Å². The molecular weight excluding hydrogens is 224 g/mol. The van der Waals surface area contributed by atoms with E-state index in [0.717, 1.165) is 5.69 Å². The van der Waals surface area contributed by atoms with Gasteiger partial charge in [0.25, 0.3) is 0 Å². The van der Waals surface area contributed by atoms with Crippen LogP contribution in [0.1, 0.15) is 0 Å². The number of nitrogens with one attached hydrogen (secondary N) is 1. The summed E-state index contributed by atoms with van der Waals surface area (Å²) in [7, 11) is 3.86. The van der Waals surface area contributed by atoms with Crippen LogP contribution in [0.25, 0.3) is 0 Å². The number of rotatable bonds is 6. The molecule has 0 fully saturated rings. The molecule has 0 amide bonds. The molecule has 6 nitrogen and oxygen atoms in total.